The normalized spacial score (nSPS) is 11.1. The van der Waals surface area contributed by atoms with Gasteiger partial charge in [0.2, 0.25) is 5.91 Å². The van der Waals surface area contributed by atoms with Crippen LogP contribution in [0.3, 0.4) is 0 Å². The first-order valence-electron chi connectivity index (χ1n) is 6.22. The third-order valence-corrected chi connectivity index (χ3v) is 2.79. The summed E-state index contributed by atoms with van der Waals surface area (Å²) in [4.78, 5) is 21.7. The Bertz CT molecular complexity index is 311. The van der Waals surface area contributed by atoms with E-state index in [2.05, 4.69) is 11.9 Å². The second kappa shape index (κ2) is 7.87. The first-order chi connectivity index (χ1) is 8.24. The topological polar surface area (TPSA) is 66.4 Å². The molecule has 0 aromatic carbocycles. The van der Waals surface area contributed by atoms with Crippen LogP contribution in [0.5, 0.6) is 0 Å². The van der Waals surface area contributed by atoms with Gasteiger partial charge < -0.3 is 14.9 Å². The molecule has 0 atom stereocenters. The number of amides is 1. The van der Waals surface area contributed by atoms with Gasteiger partial charge in [0.1, 0.15) is 0 Å². The van der Waals surface area contributed by atoms with Gasteiger partial charge in [-0.1, -0.05) is 6.58 Å². The molecule has 0 aliphatic rings. The largest absolute Gasteiger partial charge is 0.481 e. The molecule has 18 heavy (non-hydrogen) atoms. The van der Waals surface area contributed by atoms with Gasteiger partial charge in [-0.25, -0.2) is 0 Å². The number of nitrogens with zero attached hydrogens (tertiary/aromatic N) is 1. The van der Waals surface area contributed by atoms with Crippen molar-refractivity contribution in [3.05, 3.63) is 12.2 Å². The van der Waals surface area contributed by atoms with Gasteiger partial charge in [0, 0.05) is 12.1 Å². The maximum atomic E-state index is 11.2. The molecule has 0 aromatic rings. The summed E-state index contributed by atoms with van der Waals surface area (Å²) in [7, 11) is 4.05. The van der Waals surface area contributed by atoms with Crippen molar-refractivity contribution in [1.29, 1.82) is 0 Å². The lowest BCUT2D eigenvalue weighted by Crippen LogP contribution is -2.42. The van der Waals surface area contributed by atoms with E-state index in [0.717, 1.165) is 19.4 Å². The van der Waals surface area contributed by atoms with Gasteiger partial charge in [0.25, 0.3) is 0 Å². The Morgan fingerprint density at radius 3 is 2.33 bits per heavy atom. The Labute approximate surface area is 109 Å². The number of hydrogen-bond donors (Lipinski definition) is 2. The quantitative estimate of drug-likeness (QED) is 0.368. The van der Waals surface area contributed by atoms with Crippen molar-refractivity contribution < 1.29 is 19.2 Å². The van der Waals surface area contributed by atoms with Gasteiger partial charge in [0.05, 0.1) is 33.6 Å². The zero-order valence-electron chi connectivity index (χ0n) is 11.7. The molecule has 0 bridgehead atoms. The van der Waals surface area contributed by atoms with Crippen LogP contribution in [-0.2, 0) is 9.59 Å². The summed E-state index contributed by atoms with van der Waals surface area (Å²) in [6.45, 7) is 7.43. The molecule has 5 nitrogen and oxygen atoms in total. The Balaban J connectivity index is 3.67. The number of carbonyl (C=O) groups excluding carboxylic acids is 1. The lowest BCUT2D eigenvalue weighted by Gasteiger charge is -2.29. The zero-order chi connectivity index (χ0) is 14.2. The van der Waals surface area contributed by atoms with E-state index in [0.29, 0.717) is 23.1 Å². The first kappa shape index (κ1) is 16.6. The van der Waals surface area contributed by atoms with Crippen LogP contribution in [0.4, 0.5) is 0 Å². The lowest BCUT2D eigenvalue weighted by molar-refractivity contribution is -0.890. The Hall–Kier alpha value is -1.36. The zero-order valence-corrected chi connectivity index (χ0v) is 11.7. The predicted molar refractivity (Wildman–Crippen MR) is 71.2 cm³/mol. The fourth-order valence-electron chi connectivity index (χ4n) is 1.53. The number of carboxylic acids is 1. The Morgan fingerprint density at radius 2 is 1.83 bits per heavy atom. The molecule has 0 aliphatic carbocycles. The summed E-state index contributed by atoms with van der Waals surface area (Å²) >= 11 is 0. The summed E-state index contributed by atoms with van der Waals surface area (Å²) in [6, 6.07) is 0. The summed E-state index contributed by atoms with van der Waals surface area (Å²) in [5.74, 6) is -0.857. The maximum absolute atomic E-state index is 11.2. The SMILES string of the molecule is C=C(C)C(=O)NCCCC[N+](C)(C)CCC(=O)O. The minimum Gasteiger partial charge on any atom is -0.481 e. The van der Waals surface area contributed by atoms with E-state index >= 15 is 0 Å². The number of unbranched alkanes of at least 4 members (excludes halogenated alkanes) is 1. The van der Waals surface area contributed by atoms with Crippen molar-refractivity contribution in [2.45, 2.75) is 26.2 Å². The van der Waals surface area contributed by atoms with Crippen LogP contribution in [0.2, 0.25) is 0 Å². The average Bonchev–Trinajstić information content (AvgIpc) is 2.25. The van der Waals surface area contributed by atoms with Crippen LogP contribution in [-0.4, -0.2) is 55.2 Å². The molecule has 0 spiro atoms. The van der Waals surface area contributed by atoms with Crippen molar-refractivity contribution in [2.24, 2.45) is 0 Å². The minimum atomic E-state index is -0.755. The highest BCUT2D eigenvalue weighted by Crippen LogP contribution is 2.03. The van der Waals surface area contributed by atoms with Crippen molar-refractivity contribution in [1.82, 2.24) is 5.32 Å². The molecule has 0 rings (SSSR count). The van der Waals surface area contributed by atoms with Crippen LogP contribution < -0.4 is 5.32 Å². The fourth-order valence-corrected chi connectivity index (χ4v) is 1.53. The number of quaternary nitrogens is 1. The van der Waals surface area contributed by atoms with E-state index in [-0.39, 0.29) is 12.3 Å². The number of hydrogen-bond acceptors (Lipinski definition) is 2. The lowest BCUT2D eigenvalue weighted by atomic mass is 10.2. The molecule has 0 fully saturated rings. The molecule has 0 unspecified atom stereocenters. The third kappa shape index (κ3) is 8.75. The molecule has 0 aromatic heterocycles. The van der Waals surface area contributed by atoms with Crippen molar-refractivity contribution in [2.75, 3.05) is 33.7 Å². The van der Waals surface area contributed by atoms with E-state index in [4.69, 9.17) is 5.11 Å². The second-order valence-electron chi connectivity index (χ2n) is 5.27. The highest BCUT2D eigenvalue weighted by molar-refractivity contribution is 5.91. The molecule has 0 heterocycles. The van der Waals surface area contributed by atoms with Gasteiger partial charge in [-0.05, 0) is 19.8 Å². The van der Waals surface area contributed by atoms with Crippen molar-refractivity contribution >= 4 is 11.9 Å². The predicted octanol–water partition coefficient (Wildman–Crippen LogP) is 1.01. The van der Waals surface area contributed by atoms with E-state index < -0.39 is 5.97 Å². The van der Waals surface area contributed by atoms with Crippen LogP contribution in [0.25, 0.3) is 0 Å². The summed E-state index contributed by atoms with van der Waals surface area (Å²) in [5.41, 5.74) is 0.521. The van der Waals surface area contributed by atoms with Gasteiger partial charge in [-0.2, -0.15) is 0 Å². The third-order valence-electron chi connectivity index (χ3n) is 2.79. The van der Waals surface area contributed by atoms with E-state index in [9.17, 15) is 9.59 Å². The van der Waals surface area contributed by atoms with Crippen LogP contribution >= 0.6 is 0 Å². The number of nitrogens with one attached hydrogen (secondary N) is 1. The summed E-state index contributed by atoms with van der Waals surface area (Å²) < 4.78 is 0.695. The van der Waals surface area contributed by atoms with E-state index in [1.807, 2.05) is 14.1 Å². The van der Waals surface area contributed by atoms with E-state index in [1.54, 1.807) is 6.92 Å². The van der Waals surface area contributed by atoms with Crippen LogP contribution in [0.1, 0.15) is 26.2 Å². The second-order valence-corrected chi connectivity index (χ2v) is 5.27. The first-order valence-corrected chi connectivity index (χ1v) is 6.22. The minimum absolute atomic E-state index is 0.102. The molecule has 0 radical (unpaired) electrons. The monoisotopic (exact) mass is 257 g/mol. The average molecular weight is 257 g/mol. The van der Waals surface area contributed by atoms with Crippen molar-refractivity contribution in [3.63, 3.8) is 0 Å². The van der Waals surface area contributed by atoms with Crippen LogP contribution in [0.15, 0.2) is 12.2 Å². The van der Waals surface area contributed by atoms with Gasteiger partial charge in [0.15, 0.2) is 0 Å². The number of carboxylic acid groups (broad SMARTS) is 1. The Kier molecular flexibility index (Phi) is 7.27. The van der Waals surface area contributed by atoms with E-state index in [1.165, 1.54) is 0 Å². The summed E-state index contributed by atoms with van der Waals surface area (Å²) in [6.07, 6.45) is 2.05. The fraction of sp³-hybridized carbons (Fsp3) is 0.692. The van der Waals surface area contributed by atoms with Gasteiger partial charge >= 0.3 is 5.97 Å². The Morgan fingerprint density at radius 1 is 1.22 bits per heavy atom. The molecule has 2 N–H and O–H groups in total. The molecule has 1 amide bonds. The van der Waals surface area contributed by atoms with Gasteiger partial charge in [-0.15, -0.1) is 0 Å². The molecular formula is C13H25N2O3+. The highest BCUT2D eigenvalue weighted by atomic mass is 16.4. The smallest absolute Gasteiger partial charge is 0.309 e. The van der Waals surface area contributed by atoms with Crippen LogP contribution in [0, 0.1) is 0 Å². The van der Waals surface area contributed by atoms with Gasteiger partial charge in [-0.3, -0.25) is 9.59 Å². The standard InChI is InChI=1S/C13H24N2O3/c1-11(2)13(18)14-8-5-6-9-15(3,4)10-7-12(16)17/h1,5-10H2,2-4H3,(H-,14,16,17,18)/p+1. The molecule has 0 saturated heterocycles. The highest BCUT2D eigenvalue weighted by Gasteiger charge is 2.15. The molecular weight excluding hydrogens is 232 g/mol. The number of aliphatic carboxylic acids is 1. The molecule has 104 valence electrons. The number of rotatable bonds is 9. The van der Waals surface area contributed by atoms with Crippen molar-refractivity contribution in [3.8, 4) is 0 Å². The molecule has 0 aliphatic heterocycles. The molecule has 5 heteroatoms. The number of carbonyl (C=O) groups is 2. The maximum Gasteiger partial charge on any atom is 0.309 e. The molecule has 0 saturated carbocycles. The summed E-state index contributed by atoms with van der Waals surface area (Å²) in [5, 5.41) is 11.4.